The maximum absolute atomic E-state index is 11.9. The van der Waals surface area contributed by atoms with E-state index in [0.717, 1.165) is 17.8 Å². The standard InChI is InChI=1S/C12H14O/c1-5-8-6-3-2-4-7(6)10-9(5)11(10)12(8)13/h2,4-11H,3H2,1H3/t5?,6-,7+,8+,9-,10+,11-/m1/s1. The van der Waals surface area contributed by atoms with E-state index >= 15 is 0 Å². The van der Waals surface area contributed by atoms with Crippen molar-refractivity contribution in [3.63, 3.8) is 0 Å². The summed E-state index contributed by atoms with van der Waals surface area (Å²) in [5, 5.41) is 0. The van der Waals surface area contributed by atoms with Crippen LogP contribution in [0, 0.1) is 41.4 Å². The molecule has 0 aromatic heterocycles. The molecule has 0 amide bonds. The fourth-order valence-electron chi connectivity index (χ4n) is 4.73. The molecular formula is C12H14O. The Hall–Kier alpha value is -0.590. The summed E-state index contributed by atoms with van der Waals surface area (Å²) in [4.78, 5) is 11.9. The Kier molecular flexibility index (Phi) is 0.928. The van der Waals surface area contributed by atoms with Gasteiger partial charge in [-0.15, -0.1) is 0 Å². The zero-order valence-corrected chi connectivity index (χ0v) is 7.81. The van der Waals surface area contributed by atoms with Crippen molar-refractivity contribution >= 4 is 5.78 Å². The molecule has 1 unspecified atom stereocenters. The second-order valence-electron chi connectivity index (χ2n) is 5.37. The van der Waals surface area contributed by atoms with Gasteiger partial charge in [0, 0.05) is 11.8 Å². The van der Waals surface area contributed by atoms with Crippen molar-refractivity contribution < 1.29 is 4.79 Å². The molecule has 4 bridgehead atoms. The highest BCUT2D eigenvalue weighted by Gasteiger charge is 2.73. The molecule has 5 rings (SSSR count). The summed E-state index contributed by atoms with van der Waals surface area (Å²) in [6.07, 6.45) is 5.89. The van der Waals surface area contributed by atoms with Gasteiger partial charge in [-0.2, -0.15) is 0 Å². The zero-order valence-electron chi connectivity index (χ0n) is 7.81. The topological polar surface area (TPSA) is 17.1 Å². The number of allylic oxidation sites excluding steroid dienone is 2. The molecule has 0 aromatic rings. The highest BCUT2D eigenvalue weighted by Crippen LogP contribution is 2.72. The molecular weight excluding hydrogens is 160 g/mol. The van der Waals surface area contributed by atoms with E-state index in [1.165, 1.54) is 6.42 Å². The number of ketones is 1. The Bertz CT molecular complexity index is 330. The summed E-state index contributed by atoms with van der Waals surface area (Å²) in [5.74, 6) is 5.37. The summed E-state index contributed by atoms with van der Waals surface area (Å²) in [6, 6.07) is 0. The fourth-order valence-corrected chi connectivity index (χ4v) is 4.73. The van der Waals surface area contributed by atoms with Crippen molar-refractivity contribution in [3.05, 3.63) is 12.2 Å². The number of carbonyl (C=O) groups is 1. The van der Waals surface area contributed by atoms with Crippen LogP contribution in [0.4, 0.5) is 0 Å². The maximum Gasteiger partial charge on any atom is 0.140 e. The second-order valence-corrected chi connectivity index (χ2v) is 5.37. The van der Waals surface area contributed by atoms with Crippen molar-refractivity contribution in [1.29, 1.82) is 0 Å². The first-order valence-corrected chi connectivity index (χ1v) is 5.51. The van der Waals surface area contributed by atoms with Crippen LogP contribution in [0.1, 0.15) is 13.3 Å². The van der Waals surface area contributed by atoms with Gasteiger partial charge in [-0.25, -0.2) is 0 Å². The lowest BCUT2D eigenvalue weighted by molar-refractivity contribution is -0.129. The molecule has 68 valence electrons. The molecule has 1 nitrogen and oxygen atoms in total. The smallest absolute Gasteiger partial charge is 0.140 e. The molecule has 4 saturated carbocycles. The van der Waals surface area contributed by atoms with Crippen LogP contribution in [-0.4, -0.2) is 5.78 Å². The second kappa shape index (κ2) is 1.77. The average molecular weight is 174 g/mol. The first-order valence-electron chi connectivity index (χ1n) is 5.51. The van der Waals surface area contributed by atoms with Crippen LogP contribution in [0.25, 0.3) is 0 Å². The Morgan fingerprint density at radius 1 is 1.31 bits per heavy atom. The van der Waals surface area contributed by atoms with E-state index in [1.807, 2.05) is 0 Å². The van der Waals surface area contributed by atoms with Gasteiger partial charge in [0.25, 0.3) is 0 Å². The molecule has 13 heavy (non-hydrogen) atoms. The van der Waals surface area contributed by atoms with E-state index in [9.17, 15) is 4.79 Å². The van der Waals surface area contributed by atoms with Crippen LogP contribution in [0.3, 0.4) is 0 Å². The van der Waals surface area contributed by atoms with E-state index in [1.54, 1.807) is 0 Å². The molecule has 0 N–H and O–H groups in total. The first-order chi connectivity index (χ1) is 6.30. The van der Waals surface area contributed by atoms with Crippen molar-refractivity contribution in [2.45, 2.75) is 13.3 Å². The number of carbonyl (C=O) groups excluding carboxylic acids is 1. The largest absolute Gasteiger partial charge is 0.299 e. The van der Waals surface area contributed by atoms with Gasteiger partial charge in [0.05, 0.1) is 0 Å². The Morgan fingerprint density at radius 3 is 2.85 bits per heavy atom. The monoisotopic (exact) mass is 174 g/mol. The minimum atomic E-state index is 0.444. The Morgan fingerprint density at radius 2 is 2.15 bits per heavy atom. The van der Waals surface area contributed by atoms with Crippen molar-refractivity contribution in [3.8, 4) is 0 Å². The highest BCUT2D eigenvalue weighted by molar-refractivity contribution is 5.92. The van der Waals surface area contributed by atoms with Crippen molar-refractivity contribution in [1.82, 2.24) is 0 Å². The number of Topliss-reactive ketones (excluding diaryl/α,β-unsaturated/α-hetero) is 1. The molecule has 5 aliphatic carbocycles. The molecule has 7 atom stereocenters. The third-order valence-corrected chi connectivity index (χ3v) is 5.13. The lowest BCUT2D eigenvalue weighted by atomic mass is 9.66. The highest BCUT2D eigenvalue weighted by atomic mass is 16.1. The molecule has 1 heteroatoms. The zero-order chi connectivity index (χ0) is 8.74. The molecule has 0 radical (unpaired) electrons. The summed E-state index contributed by atoms with van der Waals surface area (Å²) < 4.78 is 0. The van der Waals surface area contributed by atoms with Crippen molar-refractivity contribution in [2.75, 3.05) is 0 Å². The Labute approximate surface area is 78.2 Å². The maximum atomic E-state index is 11.9. The minimum Gasteiger partial charge on any atom is -0.299 e. The molecule has 0 aliphatic heterocycles. The average Bonchev–Trinajstić information content (AvgIpc) is 2.59. The third-order valence-electron chi connectivity index (χ3n) is 5.13. The molecule has 0 saturated heterocycles. The van der Waals surface area contributed by atoms with Gasteiger partial charge in [-0.3, -0.25) is 4.79 Å². The fraction of sp³-hybridized carbons (Fsp3) is 0.750. The molecule has 0 aromatic carbocycles. The first kappa shape index (κ1) is 6.80. The predicted molar refractivity (Wildman–Crippen MR) is 48.9 cm³/mol. The quantitative estimate of drug-likeness (QED) is 0.512. The third kappa shape index (κ3) is 0.536. The molecule has 0 spiro atoms. The summed E-state index contributed by atoms with van der Waals surface area (Å²) in [6.45, 7) is 2.31. The number of hydrogen-bond acceptors (Lipinski definition) is 1. The number of rotatable bonds is 0. The van der Waals surface area contributed by atoms with Gasteiger partial charge in [0.1, 0.15) is 5.78 Å². The lowest BCUT2D eigenvalue weighted by Gasteiger charge is -2.37. The summed E-state index contributed by atoms with van der Waals surface area (Å²) in [5.41, 5.74) is 0. The predicted octanol–water partition coefficient (Wildman–Crippen LogP) is 1.89. The lowest BCUT2D eigenvalue weighted by Crippen LogP contribution is -2.38. The SMILES string of the molecule is CC1[C@H]2[C@H]3C(=O)[C@@H]1[C@@H]1CC=C[C@@H]1[C@H]32. The van der Waals surface area contributed by atoms with Gasteiger partial charge in [-0.05, 0) is 36.0 Å². The van der Waals surface area contributed by atoms with Gasteiger partial charge < -0.3 is 0 Å². The van der Waals surface area contributed by atoms with Crippen LogP contribution in [0.15, 0.2) is 12.2 Å². The molecule has 0 heterocycles. The van der Waals surface area contributed by atoms with E-state index in [2.05, 4.69) is 19.1 Å². The van der Waals surface area contributed by atoms with Crippen LogP contribution in [-0.2, 0) is 4.79 Å². The van der Waals surface area contributed by atoms with Gasteiger partial charge in [0.2, 0.25) is 0 Å². The number of hydrogen-bond donors (Lipinski definition) is 0. The normalized spacial score (nSPS) is 65.6. The van der Waals surface area contributed by atoms with E-state index in [4.69, 9.17) is 0 Å². The van der Waals surface area contributed by atoms with Crippen LogP contribution < -0.4 is 0 Å². The minimum absolute atomic E-state index is 0.444. The molecule has 4 fully saturated rings. The van der Waals surface area contributed by atoms with Crippen molar-refractivity contribution in [2.24, 2.45) is 41.4 Å². The van der Waals surface area contributed by atoms with Crippen LogP contribution in [0.2, 0.25) is 0 Å². The van der Waals surface area contributed by atoms with E-state index in [-0.39, 0.29) is 0 Å². The van der Waals surface area contributed by atoms with Gasteiger partial charge in [0.15, 0.2) is 0 Å². The van der Waals surface area contributed by atoms with E-state index < -0.39 is 0 Å². The summed E-state index contributed by atoms with van der Waals surface area (Å²) >= 11 is 0. The van der Waals surface area contributed by atoms with Crippen LogP contribution >= 0.6 is 0 Å². The summed E-state index contributed by atoms with van der Waals surface area (Å²) in [7, 11) is 0. The van der Waals surface area contributed by atoms with E-state index in [0.29, 0.717) is 29.5 Å². The van der Waals surface area contributed by atoms with Gasteiger partial charge >= 0.3 is 0 Å². The Balaban J connectivity index is 1.85. The van der Waals surface area contributed by atoms with Gasteiger partial charge in [-0.1, -0.05) is 19.1 Å². The van der Waals surface area contributed by atoms with Crippen LogP contribution in [0.5, 0.6) is 0 Å². The molecule has 5 aliphatic rings.